The minimum absolute atomic E-state index is 0.196. The Labute approximate surface area is 114 Å². The van der Waals surface area contributed by atoms with Gasteiger partial charge in [-0.05, 0) is 37.4 Å². The number of nitrogens with one attached hydrogen (secondary N) is 1. The quantitative estimate of drug-likeness (QED) is 0.858. The average molecular weight is 264 g/mol. The van der Waals surface area contributed by atoms with Gasteiger partial charge in [-0.3, -0.25) is 9.69 Å². The van der Waals surface area contributed by atoms with Crippen LogP contribution in [-0.2, 0) is 11.2 Å². The molecule has 0 saturated carbocycles. The van der Waals surface area contributed by atoms with Crippen LogP contribution in [0.4, 0.5) is 0 Å². The van der Waals surface area contributed by atoms with E-state index in [4.69, 9.17) is 0 Å². The van der Waals surface area contributed by atoms with Gasteiger partial charge in [0.2, 0.25) is 0 Å². The van der Waals surface area contributed by atoms with E-state index in [2.05, 4.69) is 29.8 Å². The van der Waals surface area contributed by atoms with E-state index in [1.165, 1.54) is 5.69 Å². The van der Waals surface area contributed by atoms with Gasteiger partial charge in [-0.25, -0.2) is 0 Å². The molecule has 106 valence electrons. The zero-order chi connectivity index (χ0) is 13.8. The minimum atomic E-state index is -0.646. The van der Waals surface area contributed by atoms with Crippen LogP contribution in [0.15, 0.2) is 18.3 Å². The van der Waals surface area contributed by atoms with E-state index in [0.29, 0.717) is 18.5 Å². The highest BCUT2D eigenvalue weighted by atomic mass is 16.4. The summed E-state index contributed by atoms with van der Waals surface area (Å²) in [6.45, 7) is 6.15. The van der Waals surface area contributed by atoms with Gasteiger partial charge < -0.3 is 10.1 Å². The number of carbonyl (C=O) groups is 1. The van der Waals surface area contributed by atoms with Gasteiger partial charge in [-0.15, -0.1) is 0 Å². The molecule has 1 aliphatic heterocycles. The summed E-state index contributed by atoms with van der Waals surface area (Å²) in [6, 6.07) is 4.54. The molecule has 1 aromatic rings. The van der Waals surface area contributed by atoms with Crippen molar-refractivity contribution < 1.29 is 9.90 Å². The molecule has 0 amide bonds. The van der Waals surface area contributed by atoms with E-state index in [1.54, 1.807) is 0 Å². The number of carboxylic acid groups (broad SMARTS) is 1. The summed E-state index contributed by atoms with van der Waals surface area (Å²) in [4.78, 5) is 16.8. The lowest BCUT2D eigenvalue weighted by Gasteiger charge is -2.39. The Hall–Kier alpha value is -1.29. The predicted molar refractivity (Wildman–Crippen MR) is 75.1 cm³/mol. The summed E-state index contributed by atoms with van der Waals surface area (Å²) in [5.74, 6) is -0.318. The second-order valence-electron chi connectivity index (χ2n) is 5.88. The molecule has 1 fully saturated rings. The van der Waals surface area contributed by atoms with Gasteiger partial charge >= 0.3 is 5.97 Å². The second-order valence-corrected chi connectivity index (χ2v) is 5.88. The molecule has 2 N–H and O–H groups in total. The molecule has 4 nitrogen and oxygen atoms in total. The molecule has 2 rings (SSSR count). The lowest BCUT2D eigenvalue weighted by molar-refractivity contribution is -0.144. The number of hydrogen-bond donors (Lipinski definition) is 2. The first-order valence-corrected chi connectivity index (χ1v) is 7.17. The molecule has 2 heterocycles. The lowest BCUT2D eigenvalue weighted by Crippen LogP contribution is -2.47. The first-order valence-electron chi connectivity index (χ1n) is 7.17. The zero-order valence-corrected chi connectivity index (χ0v) is 11.8. The molecule has 0 spiro atoms. The number of H-pyrrole nitrogens is 1. The monoisotopic (exact) mass is 264 g/mol. The van der Waals surface area contributed by atoms with Crippen molar-refractivity contribution in [1.29, 1.82) is 0 Å². The summed E-state index contributed by atoms with van der Waals surface area (Å²) in [5.41, 5.74) is 1.23. The Morgan fingerprint density at radius 2 is 2.37 bits per heavy atom. The fourth-order valence-corrected chi connectivity index (χ4v) is 3.02. The van der Waals surface area contributed by atoms with Gasteiger partial charge in [0.25, 0.3) is 0 Å². The highest BCUT2D eigenvalue weighted by molar-refractivity contribution is 5.70. The molecule has 19 heavy (non-hydrogen) atoms. The third-order valence-corrected chi connectivity index (χ3v) is 4.13. The Balaban J connectivity index is 2.04. The number of aromatic amines is 1. The largest absolute Gasteiger partial charge is 0.481 e. The number of aliphatic carboxylic acids is 1. The number of carboxylic acids is 1. The average Bonchev–Trinajstić information content (AvgIpc) is 2.88. The molecule has 1 aliphatic rings. The Bertz CT molecular complexity index is 400. The molecule has 0 radical (unpaired) electrons. The predicted octanol–water partition coefficient (Wildman–Crippen LogP) is 2.38. The second kappa shape index (κ2) is 6.24. The molecular formula is C15H24N2O2. The molecule has 1 aromatic heterocycles. The molecule has 0 aromatic carbocycles. The van der Waals surface area contributed by atoms with E-state index in [1.807, 2.05) is 12.3 Å². The maximum absolute atomic E-state index is 11.2. The van der Waals surface area contributed by atoms with Gasteiger partial charge in [0.05, 0.1) is 5.92 Å². The number of aromatic nitrogens is 1. The first kappa shape index (κ1) is 14.1. The van der Waals surface area contributed by atoms with Crippen molar-refractivity contribution in [2.24, 2.45) is 11.8 Å². The smallest absolute Gasteiger partial charge is 0.307 e. The summed E-state index contributed by atoms with van der Waals surface area (Å²) >= 11 is 0. The van der Waals surface area contributed by atoms with Crippen LogP contribution in [0.1, 0.15) is 32.4 Å². The number of rotatable bonds is 5. The fourth-order valence-electron chi connectivity index (χ4n) is 3.02. The first-order chi connectivity index (χ1) is 9.08. The van der Waals surface area contributed by atoms with Crippen LogP contribution in [-0.4, -0.2) is 40.1 Å². The normalized spacial score (nSPS) is 22.6. The topological polar surface area (TPSA) is 56.3 Å². The van der Waals surface area contributed by atoms with Crippen LogP contribution >= 0.6 is 0 Å². The van der Waals surface area contributed by atoms with Gasteiger partial charge in [0.1, 0.15) is 0 Å². The maximum Gasteiger partial charge on any atom is 0.307 e. The van der Waals surface area contributed by atoms with Crippen molar-refractivity contribution in [1.82, 2.24) is 9.88 Å². The van der Waals surface area contributed by atoms with Crippen LogP contribution in [0.3, 0.4) is 0 Å². The van der Waals surface area contributed by atoms with Crippen LogP contribution in [0.25, 0.3) is 0 Å². The fraction of sp³-hybridized carbons (Fsp3) is 0.667. The van der Waals surface area contributed by atoms with Crippen molar-refractivity contribution in [3.8, 4) is 0 Å². The summed E-state index contributed by atoms with van der Waals surface area (Å²) in [7, 11) is 0. The van der Waals surface area contributed by atoms with E-state index in [0.717, 1.165) is 25.8 Å². The Morgan fingerprint density at radius 3 is 2.95 bits per heavy atom. The summed E-state index contributed by atoms with van der Waals surface area (Å²) in [5, 5.41) is 9.20. The van der Waals surface area contributed by atoms with Crippen LogP contribution in [0.2, 0.25) is 0 Å². The zero-order valence-electron chi connectivity index (χ0n) is 11.8. The minimum Gasteiger partial charge on any atom is -0.481 e. The number of piperidine rings is 1. The van der Waals surface area contributed by atoms with E-state index in [9.17, 15) is 9.90 Å². The van der Waals surface area contributed by atoms with Crippen molar-refractivity contribution in [2.75, 3.05) is 13.1 Å². The lowest BCUT2D eigenvalue weighted by atomic mass is 9.91. The van der Waals surface area contributed by atoms with Crippen LogP contribution in [0.5, 0.6) is 0 Å². The summed E-state index contributed by atoms with van der Waals surface area (Å²) < 4.78 is 0. The molecule has 1 saturated heterocycles. The molecule has 0 aliphatic carbocycles. The van der Waals surface area contributed by atoms with Crippen molar-refractivity contribution >= 4 is 5.97 Å². The third kappa shape index (κ3) is 3.60. The van der Waals surface area contributed by atoms with E-state index in [-0.39, 0.29) is 5.92 Å². The third-order valence-electron chi connectivity index (χ3n) is 4.13. The van der Waals surface area contributed by atoms with Gasteiger partial charge in [-0.1, -0.05) is 13.8 Å². The number of hydrogen-bond acceptors (Lipinski definition) is 2. The Morgan fingerprint density at radius 1 is 1.58 bits per heavy atom. The van der Waals surface area contributed by atoms with Crippen molar-refractivity contribution in [3.63, 3.8) is 0 Å². The van der Waals surface area contributed by atoms with Crippen molar-refractivity contribution in [3.05, 3.63) is 24.0 Å². The maximum atomic E-state index is 11.2. The molecule has 0 bridgehead atoms. The molecule has 4 heteroatoms. The van der Waals surface area contributed by atoms with E-state index >= 15 is 0 Å². The van der Waals surface area contributed by atoms with Crippen LogP contribution in [0, 0.1) is 11.8 Å². The molecule has 2 atom stereocenters. The van der Waals surface area contributed by atoms with Gasteiger partial charge in [0, 0.05) is 30.9 Å². The summed E-state index contributed by atoms with van der Waals surface area (Å²) in [6.07, 6.45) is 4.73. The highest BCUT2D eigenvalue weighted by Gasteiger charge is 2.31. The number of likely N-dealkylation sites (tertiary alicyclic amines) is 1. The van der Waals surface area contributed by atoms with Crippen molar-refractivity contribution in [2.45, 2.75) is 39.2 Å². The van der Waals surface area contributed by atoms with Gasteiger partial charge in [0.15, 0.2) is 0 Å². The van der Waals surface area contributed by atoms with E-state index < -0.39 is 5.97 Å². The van der Waals surface area contributed by atoms with Gasteiger partial charge in [-0.2, -0.15) is 0 Å². The number of nitrogens with zero attached hydrogens (tertiary/aromatic N) is 1. The Kier molecular flexibility index (Phi) is 4.64. The molecular weight excluding hydrogens is 240 g/mol. The SMILES string of the molecule is CC(C)C(Cc1ccc[nH]1)N1CCCC(C(=O)O)C1. The van der Waals surface area contributed by atoms with Crippen LogP contribution < -0.4 is 0 Å². The highest BCUT2D eigenvalue weighted by Crippen LogP contribution is 2.23. The molecule has 2 unspecified atom stereocenters. The standard InChI is InChI=1S/C15H24N2O2/c1-11(2)14(9-13-6-3-7-16-13)17-8-4-5-12(10-17)15(18)19/h3,6-7,11-12,14,16H,4-5,8-10H2,1-2H3,(H,18,19).